The number of rotatable bonds is 1. The van der Waals surface area contributed by atoms with E-state index in [0.717, 1.165) is 54.5 Å². The quantitative estimate of drug-likeness (QED) is 0.565. The van der Waals surface area contributed by atoms with E-state index in [1.165, 1.54) is 5.56 Å². The van der Waals surface area contributed by atoms with Gasteiger partial charge in [0.05, 0.1) is 0 Å². The number of benzene rings is 2. The fourth-order valence-corrected chi connectivity index (χ4v) is 2.77. The van der Waals surface area contributed by atoms with Gasteiger partial charge in [0.2, 0.25) is 0 Å². The molecule has 0 fully saturated rings. The van der Waals surface area contributed by atoms with E-state index in [1.807, 2.05) is 18.2 Å². The average Bonchev–Trinajstić information content (AvgIpc) is 2.64. The number of nitrogen functional groups attached to an aromatic ring is 1. The monoisotopic (exact) mass is 347 g/mol. The molecule has 2 N–H and O–H groups in total. The van der Waals surface area contributed by atoms with Crippen LogP contribution in [0.3, 0.4) is 0 Å². The van der Waals surface area contributed by atoms with Crippen LogP contribution in [-0.4, -0.2) is 0 Å². The number of aryl methyl sites for hydroxylation is 1. The molecule has 2 aromatic rings. The highest BCUT2D eigenvalue weighted by Crippen LogP contribution is 2.24. The molecule has 0 saturated carbocycles. The maximum Gasteiger partial charge on any atom is 0.150 e. The molecule has 0 saturated heterocycles. The molecule has 0 heterocycles. The van der Waals surface area contributed by atoms with E-state index >= 15 is 0 Å². The van der Waals surface area contributed by atoms with E-state index in [2.05, 4.69) is 36.7 Å². The Morgan fingerprint density at radius 1 is 0.962 bits per heavy atom. The zero-order valence-electron chi connectivity index (χ0n) is 14.6. The van der Waals surface area contributed by atoms with Crippen molar-refractivity contribution in [2.24, 2.45) is 0 Å². The number of allylic oxidation sites excluding steroid dienone is 1. The highest BCUT2D eigenvalue weighted by Gasteiger charge is 2.09. The summed E-state index contributed by atoms with van der Waals surface area (Å²) in [5, 5.41) is 0. The van der Waals surface area contributed by atoms with Crippen molar-refractivity contribution < 1.29 is 8.78 Å². The lowest BCUT2D eigenvalue weighted by molar-refractivity contribution is 0.591. The summed E-state index contributed by atoms with van der Waals surface area (Å²) >= 11 is 0. The Kier molecular flexibility index (Phi) is 5.40. The number of hydrogen-bond acceptors (Lipinski definition) is 1. The van der Waals surface area contributed by atoms with Crippen LogP contribution in [-0.2, 0) is 6.42 Å². The third kappa shape index (κ3) is 4.13. The van der Waals surface area contributed by atoms with Crippen molar-refractivity contribution in [2.75, 3.05) is 5.73 Å². The number of anilines is 1. The maximum atomic E-state index is 13.5. The summed E-state index contributed by atoms with van der Waals surface area (Å²) in [5.74, 6) is 10.6. The lowest BCUT2D eigenvalue weighted by atomic mass is 9.91. The first-order valence-corrected chi connectivity index (χ1v) is 8.65. The zero-order valence-corrected chi connectivity index (χ0v) is 14.6. The SMILES string of the molecule is CCCC#CC1=Cc2ccc(C#Cc3cc(F)c(N)c(F)c3)cc2CC1. The number of halogens is 2. The highest BCUT2D eigenvalue weighted by atomic mass is 19.1. The molecule has 3 heteroatoms. The minimum atomic E-state index is -0.790. The lowest BCUT2D eigenvalue weighted by Gasteiger charge is -2.13. The standard InChI is InChI=1S/C23H19F2N/c1-2-3-4-5-16-8-10-20-13-17(9-11-19(20)12-16)6-7-18-14-21(24)23(26)22(25)15-18/h9,11-15H,2-3,8,10,26H2,1H3. The predicted octanol–water partition coefficient (Wildman–Crippen LogP) is 5.08. The van der Waals surface area contributed by atoms with Gasteiger partial charge < -0.3 is 5.73 Å². The van der Waals surface area contributed by atoms with Gasteiger partial charge >= 0.3 is 0 Å². The fraction of sp³-hybridized carbons (Fsp3) is 0.217. The molecule has 1 nitrogen and oxygen atoms in total. The predicted molar refractivity (Wildman–Crippen MR) is 102 cm³/mol. The molecule has 1 aliphatic rings. The van der Waals surface area contributed by atoms with Crippen molar-refractivity contribution in [3.8, 4) is 23.7 Å². The molecule has 130 valence electrons. The average molecular weight is 347 g/mol. The van der Waals surface area contributed by atoms with Crippen LogP contribution in [0.4, 0.5) is 14.5 Å². The van der Waals surface area contributed by atoms with Crippen molar-refractivity contribution in [3.05, 3.63) is 69.8 Å². The molecule has 0 aliphatic heterocycles. The van der Waals surface area contributed by atoms with Crippen LogP contribution in [0.15, 0.2) is 35.9 Å². The summed E-state index contributed by atoms with van der Waals surface area (Å²) in [7, 11) is 0. The normalized spacial score (nSPS) is 12.2. The minimum absolute atomic E-state index is 0.264. The van der Waals surface area contributed by atoms with Crippen LogP contribution in [0.25, 0.3) is 6.08 Å². The topological polar surface area (TPSA) is 26.0 Å². The first kappa shape index (κ1) is 17.8. The third-order valence-corrected chi connectivity index (χ3v) is 4.19. The van der Waals surface area contributed by atoms with Gasteiger partial charge in [0, 0.05) is 23.1 Å². The number of fused-ring (bicyclic) bond motifs is 1. The van der Waals surface area contributed by atoms with Crippen molar-refractivity contribution in [1.29, 1.82) is 0 Å². The van der Waals surface area contributed by atoms with E-state index in [0.29, 0.717) is 0 Å². The van der Waals surface area contributed by atoms with Gasteiger partial charge in [0.25, 0.3) is 0 Å². The Morgan fingerprint density at radius 2 is 1.69 bits per heavy atom. The van der Waals surface area contributed by atoms with Crippen LogP contribution in [0.1, 0.15) is 48.4 Å². The Morgan fingerprint density at radius 3 is 2.42 bits per heavy atom. The Bertz CT molecular complexity index is 971. The highest BCUT2D eigenvalue weighted by molar-refractivity contribution is 5.65. The zero-order chi connectivity index (χ0) is 18.5. The first-order valence-electron chi connectivity index (χ1n) is 8.65. The lowest BCUT2D eigenvalue weighted by Crippen LogP contribution is -1.99. The first-order chi connectivity index (χ1) is 12.6. The summed E-state index contributed by atoms with van der Waals surface area (Å²) in [6.45, 7) is 2.12. The van der Waals surface area contributed by atoms with E-state index in [1.54, 1.807) is 0 Å². The molecule has 1 aliphatic carbocycles. The van der Waals surface area contributed by atoms with Gasteiger partial charge in [-0.1, -0.05) is 36.7 Å². The number of unbranched alkanes of at least 4 members (excludes halogenated alkanes) is 1. The smallest absolute Gasteiger partial charge is 0.150 e. The number of nitrogens with two attached hydrogens (primary N) is 1. The molecule has 26 heavy (non-hydrogen) atoms. The van der Waals surface area contributed by atoms with Crippen LogP contribution in [0.2, 0.25) is 0 Å². The molecule has 0 unspecified atom stereocenters. The summed E-state index contributed by atoms with van der Waals surface area (Å²) < 4.78 is 27.0. The summed E-state index contributed by atoms with van der Waals surface area (Å²) in [6.07, 6.45) is 5.97. The van der Waals surface area contributed by atoms with Crippen molar-refractivity contribution in [1.82, 2.24) is 0 Å². The number of hydrogen-bond donors (Lipinski definition) is 1. The molecule has 0 aromatic heterocycles. The third-order valence-electron chi connectivity index (χ3n) is 4.19. The van der Waals surface area contributed by atoms with Gasteiger partial charge in [0.15, 0.2) is 0 Å². The van der Waals surface area contributed by atoms with Crippen molar-refractivity contribution >= 4 is 11.8 Å². The molecule has 0 atom stereocenters. The van der Waals surface area contributed by atoms with Gasteiger partial charge in [-0.25, -0.2) is 8.78 Å². The van der Waals surface area contributed by atoms with Crippen LogP contribution < -0.4 is 5.73 Å². The second-order valence-corrected chi connectivity index (χ2v) is 6.24. The minimum Gasteiger partial charge on any atom is -0.394 e. The molecule has 3 rings (SSSR count). The van der Waals surface area contributed by atoms with Crippen molar-refractivity contribution in [2.45, 2.75) is 32.6 Å². The molecular weight excluding hydrogens is 328 g/mol. The second-order valence-electron chi connectivity index (χ2n) is 6.24. The van der Waals surface area contributed by atoms with Gasteiger partial charge in [-0.2, -0.15) is 0 Å². The largest absolute Gasteiger partial charge is 0.394 e. The summed E-state index contributed by atoms with van der Waals surface area (Å²) in [4.78, 5) is 0. The van der Waals surface area contributed by atoms with Gasteiger partial charge in [-0.05, 0) is 60.7 Å². The van der Waals surface area contributed by atoms with Gasteiger partial charge in [0.1, 0.15) is 17.3 Å². The van der Waals surface area contributed by atoms with E-state index in [-0.39, 0.29) is 5.56 Å². The fourth-order valence-electron chi connectivity index (χ4n) is 2.77. The molecule has 0 bridgehead atoms. The molecule has 0 radical (unpaired) electrons. The van der Waals surface area contributed by atoms with Gasteiger partial charge in [-0.15, -0.1) is 0 Å². The summed E-state index contributed by atoms with van der Waals surface area (Å²) in [5.41, 5.74) is 9.41. The van der Waals surface area contributed by atoms with Gasteiger partial charge in [-0.3, -0.25) is 0 Å². The Balaban J connectivity index is 1.83. The Labute approximate surface area is 152 Å². The molecule has 0 spiro atoms. The second kappa shape index (κ2) is 7.89. The van der Waals surface area contributed by atoms with E-state index in [4.69, 9.17) is 5.73 Å². The van der Waals surface area contributed by atoms with Crippen LogP contribution >= 0.6 is 0 Å². The van der Waals surface area contributed by atoms with Crippen LogP contribution in [0, 0.1) is 35.3 Å². The van der Waals surface area contributed by atoms with E-state index in [9.17, 15) is 8.78 Å². The molecule has 0 amide bonds. The van der Waals surface area contributed by atoms with E-state index < -0.39 is 17.3 Å². The molecular formula is C23H19F2N. The van der Waals surface area contributed by atoms with Crippen LogP contribution in [0.5, 0.6) is 0 Å². The van der Waals surface area contributed by atoms with Crippen molar-refractivity contribution in [3.63, 3.8) is 0 Å². The Hall–Kier alpha value is -3.04. The maximum absolute atomic E-state index is 13.5. The molecule has 2 aromatic carbocycles. The summed E-state index contributed by atoms with van der Waals surface area (Å²) in [6, 6.07) is 8.25.